The fourth-order valence-corrected chi connectivity index (χ4v) is 4.12. The van der Waals surface area contributed by atoms with E-state index in [0.29, 0.717) is 0 Å². The molecule has 1 aliphatic heterocycles. The maximum atomic E-state index is 14.1. The van der Waals surface area contributed by atoms with Gasteiger partial charge in [0.15, 0.2) is 0 Å². The molecule has 2 unspecified atom stereocenters. The van der Waals surface area contributed by atoms with Crippen molar-refractivity contribution < 1.29 is 4.39 Å². The highest BCUT2D eigenvalue weighted by atomic mass is 19.1. The van der Waals surface area contributed by atoms with Crippen LogP contribution in [0.4, 0.5) is 4.39 Å². The van der Waals surface area contributed by atoms with Gasteiger partial charge >= 0.3 is 0 Å². The standard InChI is InChI=1S/C18H27FN2/c1-20-11-14-6-7-18(19)17(10-14)13-21-9-8-15-4-2-3-5-16(15)12-21/h6-7,10,15-16,20H,2-5,8-9,11-13H2,1H3. The van der Waals surface area contributed by atoms with Crippen molar-refractivity contribution in [1.82, 2.24) is 10.2 Å². The summed E-state index contributed by atoms with van der Waals surface area (Å²) in [4.78, 5) is 2.47. The Hall–Kier alpha value is -0.930. The molecule has 0 aromatic heterocycles. The minimum Gasteiger partial charge on any atom is -0.316 e. The van der Waals surface area contributed by atoms with E-state index < -0.39 is 0 Å². The molecule has 1 N–H and O–H groups in total. The van der Waals surface area contributed by atoms with Crippen LogP contribution in [0.25, 0.3) is 0 Å². The van der Waals surface area contributed by atoms with Crippen LogP contribution in [-0.4, -0.2) is 25.0 Å². The second-order valence-electron chi connectivity index (χ2n) is 6.78. The zero-order valence-corrected chi connectivity index (χ0v) is 13.1. The summed E-state index contributed by atoms with van der Waals surface area (Å²) in [5.41, 5.74) is 2.03. The van der Waals surface area contributed by atoms with Crippen molar-refractivity contribution in [3.05, 3.63) is 35.1 Å². The highest BCUT2D eigenvalue weighted by molar-refractivity contribution is 5.25. The number of hydrogen-bond donors (Lipinski definition) is 1. The van der Waals surface area contributed by atoms with E-state index in [9.17, 15) is 4.39 Å². The minimum absolute atomic E-state index is 0.0550. The summed E-state index contributed by atoms with van der Waals surface area (Å²) in [6, 6.07) is 5.52. The number of nitrogens with zero attached hydrogens (tertiary/aromatic N) is 1. The van der Waals surface area contributed by atoms with Gasteiger partial charge in [0.1, 0.15) is 5.82 Å². The summed E-state index contributed by atoms with van der Waals surface area (Å²) in [5, 5.41) is 3.14. The first-order valence-corrected chi connectivity index (χ1v) is 8.40. The fraction of sp³-hybridized carbons (Fsp3) is 0.667. The van der Waals surface area contributed by atoms with Crippen LogP contribution in [0.3, 0.4) is 0 Å². The average molecular weight is 290 g/mol. The summed E-state index contributed by atoms with van der Waals surface area (Å²) in [7, 11) is 1.93. The van der Waals surface area contributed by atoms with Gasteiger partial charge in [-0.05, 0) is 49.9 Å². The number of benzene rings is 1. The number of piperidine rings is 1. The topological polar surface area (TPSA) is 15.3 Å². The van der Waals surface area contributed by atoms with Crippen LogP contribution in [0.2, 0.25) is 0 Å². The zero-order chi connectivity index (χ0) is 14.7. The molecule has 3 rings (SSSR count). The number of rotatable bonds is 4. The minimum atomic E-state index is -0.0550. The van der Waals surface area contributed by atoms with Gasteiger partial charge in [0, 0.05) is 25.2 Å². The molecule has 21 heavy (non-hydrogen) atoms. The van der Waals surface area contributed by atoms with E-state index >= 15 is 0 Å². The van der Waals surface area contributed by atoms with Crippen molar-refractivity contribution in [2.24, 2.45) is 11.8 Å². The van der Waals surface area contributed by atoms with Crippen molar-refractivity contribution in [3.63, 3.8) is 0 Å². The molecular formula is C18H27FN2. The Morgan fingerprint density at radius 2 is 2.00 bits per heavy atom. The highest BCUT2D eigenvalue weighted by Crippen LogP contribution is 2.36. The van der Waals surface area contributed by atoms with Crippen LogP contribution in [0.1, 0.15) is 43.2 Å². The third-order valence-corrected chi connectivity index (χ3v) is 5.26. The van der Waals surface area contributed by atoms with Gasteiger partial charge in [-0.2, -0.15) is 0 Å². The van der Waals surface area contributed by atoms with Crippen LogP contribution in [-0.2, 0) is 13.1 Å². The largest absolute Gasteiger partial charge is 0.316 e. The summed E-state index contributed by atoms with van der Waals surface area (Å²) in [6.07, 6.45) is 6.92. The molecule has 0 amide bonds. The third-order valence-electron chi connectivity index (χ3n) is 5.26. The molecule has 0 bridgehead atoms. The van der Waals surface area contributed by atoms with Crippen molar-refractivity contribution >= 4 is 0 Å². The number of likely N-dealkylation sites (tertiary alicyclic amines) is 1. The fourth-order valence-electron chi connectivity index (χ4n) is 4.12. The summed E-state index contributed by atoms with van der Waals surface area (Å²) < 4.78 is 14.1. The monoisotopic (exact) mass is 290 g/mol. The first-order chi connectivity index (χ1) is 10.3. The quantitative estimate of drug-likeness (QED) is 0.912. The van der Waals surface area contributed by atoms with Crippen LogP contribution >= 0.6 is 0 Å². The Balaban J connectivity index is 1.64. The van der Waals surface area contributed by atoms with E-state index in [1.807, 2.05) is 19.2 Å². The van der Waals surface area contributed by atoms with Gasteiger partial charge < -0.3 is 5.32 Å². The molecule has 116 valence electrons. The van der Waals surface area contributed by atoms with E-state index in [1.54, 1.807) is 6.07 Å². The number of halogens is 1. The normalized spacial score (nSPS) is 26.6. The summed E-state index contributed by atoms with van der Waals surface area (Å²) in [5.74, 6) is 1.74. The van der Waals surface area contributed by atoms with Crippen molar-refractivity contribution in [1.29, 1.82) is 0 Å². The van der Waals surface area contributed by atoms with E-state index in [1.165, 1.54) is 44.2 Å². The molecule has 1 heterocycles. The summed E-state index contributed by atoms with van der Waals surface area (Å²) >= 11 is 0. The van der Waals surface area contributed by atoms with Gasteiger partial charge in [-0.25, -0.2) is 4.39 Å². The van der Waals surface area contributed by atoms with Crippen LogP contribution in [0.5, 0.6) is 0 Å². The van der Waals surface area contributed by atoms with E-state index in [0.717, 1.165) is 37.0 Å². The molecule has 1 aromatic carbocycles. The molecule has 1 saturated heterocycles. The van der Waals surface area contributed by atoms with Gasteiger partial charge in [0.25, 0.3) is 0 Å². The van der Waals surface area contributed by atoms with Gasteiger partial charge in [-0.15, -0.1) is 0 Å². The van der Waals surface area contributed by atoms with E-state index in [4.69, 9.17) is 0 Å². The maximum Gasteiger partial charge on any atom is 0.127 e. The average Bonchev–Trinajstić information content (AvgIpc) is 2.51. The Morgan fingerprint density at radius 1 is 1.19 bits per heavy atom. The molecule has 1 saturated carbocycles. The first kappa shape index (κ1) is 15.0. The van der Waals surface area contributed by atoms with Gasteiger partial charge in [0.2, 0.25) is 0 Å². The number of fused-ring (bicyclic) bond motifs is 1. The Kier molecular flexibility index (Phi) is 4.91. The third kappa shape index (κ3) is 3.64. The Labute approximate surface area is 127 Å². The predicted molar refractivity (Wildman–Crippen MR) is 84.5 cm³/mol. The smallest absolute Gasteiger partial charge is 0.127 e. The second kappa shape index (κ2) is 6.89. The maximum absolute atomic E-state index is 14.1. The lowest BCUT2D eigenvalue weighted by atomic mass is 9.75. The highest BCUT2D eigenvalue weighted by Gasteiger charge is 2.31. The number of nitrogens with one attached hydrogen (secondary N) is 1. The van der Waals surface area contributed by atoms with Gasteiger partial charge in [0.05, 0.1) is 0 Å². The molecule has 3 heteroatoms. The molecule has 2 fully saturated rings. The van der Waals surface area contributed by atoms with E-state index in [2.05, 4.69) is 10.2 Å². The van der Waals surface area contributed by atoms with Gasteiger partial charge in [-0.1, -0.05) is 31.4 Å². The van der Waals surface area contributed by atoms with Crippen molar-refractivity contribution in [3.8, 4) is 0 Å². The van der Waals surface area contributed by atoms with Crippen LogP contribution in [0.15, 0.2) is 18.2 Å². The molecule has 1 aliphatic carbocycles. The lowest BCUT2D eigenvalue weighted by Crippen LogP contribution is -2.41. The summed E-state index contributed by atoms with van der Waals surface area (Å²) in [6.45, 7) is 3.88. The molecule has 2 aliphatic rings. The zero-order valence-electron chi connectivity index (χ0n) is 13.1. The lowest BCUT2D eigenvalue weighted by Gasteiger charge is -2.41. The van der Waals surface area contributed by atoms with Crippen molar-refractivity contribution in [2.75, 3.05) is 20.1 Å². The number of hydrogen-bond acceptors (Lipinski definition) is 2. The second-order valence-corrected chi connectivity index (χ2v) is 6.78. The first-order valence-electron chi connectivity index (χ1n) is 8.40. The predicted octanol–water partition coefficient (Wildman–Crippen LogP) is 3.56. The molecule has 0 radical (unpaired) electrons. The molecule has 0 spiro atoms. The molecule has 1 aromatic rings. The van der Waals surface area contributed by atoms with Crippen molar-refractivity contribution in [2.45, 2.75) is 45.2 Å². The lowest BCUT2D eigenvalue weighted by molar-refractivity contribution is 0.0813. The van der Waals surface area contributed by atoms with Gasteiger partial charge in [-0.3, -0.25) is 4.90 Å². The Bertz CT molecular complexity index is 474. The molecule has 2 nitrogen and oxygen atoms in total. The SMILES string of the molecule is CNCc1ccc(F)c(CN2CCC3CCCCC3C2)c1. The molecular weight excluding hydrogens is 263 g/mol. The molecule has 2 atom stereocenters. The van der Waals surface area contributed by atoms with E-state index in [-0.39, 0.29) is 5.82 Å². The van der Waals surface area contributed by atoms with Crippen LogP contribution in [0, 0.1) is 17.7 Å². The van der Waals surface area contributed by atoms with Crippen LogP contribution < -0.4 is 5.32 Å². The Morgan fingerprint density at radius 3 is 2.81 bits per heavy atom.